The standard InChI is InChI=1S/C34H54BN9O12.Lu/c1-24(34(54)44-9-3-5-27(44)35(55)56)39-33(53)25-6-7-28(37-18-25)38-19-26(45)4-2-8-36-29(46)20-40-10-12-41(21-30(47)48)14-16-43(23-32(51)52)17-15-42(13-11-40)22-31(49)50;/h6-7,18,24,27,55-56H,2-5,8-17,19-23H2,1H3,(H,36,46)(H,37,38)(H,39,53)(H,47,48)(H,49,50)(H,51,52);/t24-,27+;/m1./s1. The van der Waals surface area contributed by atoms with E-state index in [-0.39, 0.29) is 139 Å². The Hall–Kier alpha value is -3.50. The Morgan fingerprint density at radius 1 is 0.789 bits per heavy atom. The molecular weight excluding hydrogens is 912 g/mol. The van der Waals surface area contributed by atoms with Crippen LogP contribution in [-0.2, 0) is 28.8 Å². The Morgan fingerprint density at radius 2 is 1.30 bits per heavy atom. The number of likely N-dealkylation sites (tertiary alicyclic amines) is 1. The van der Waals surface area contributed by atoms with Crippen LogP contribution in [0.5, 0.6) is 0 Å². The summed E-state index contributed by atoms with van der Waals surface area (Å²) in [6.45, 7) is 3.45. The molecule has 2 aliphatic heterocycles. The van der Waals surface area contributed by atoms with Crippen molar-refractivity contribution in [1.29, 1.82) is 0 Å². The fraction of sp³-hybridized carbons (Fsp3) is 0.647. The van der Waals surface area contributed by atoms with E-state index in [0.29, 0.717) is 44.7 Å². The normalized spacial score (nSPS) is 18.2. The number of carbonyl (C=O) groups is 7. The van der Waals surface area contributed by atoms with E-state index in [4.69, 9.17) is 0 Å². The number of hydrogen-bond acceptors (Lipinski definition) is 15. The first kappa shape index (κ1) is 49.6. The third-order valence-electron chi connectivity index (χ3n) is 9.47. The zero-order chi connectivity index (χ0) is 41.2. The summed E-state index contributed by atoms with van der Waals surface area (Å²) >= 11 is 0. The van der Waals surface area contributed by atoms with E-state index in [0.717, 1.165) is 0 Å². The number of amides is 3. The van der Waals surface area contributed by atoms with Crippen LogP contribution in [0.3, 0.4) is 0 Å². The van der Waals surface area contributed by atoms with Gasteiger partial charge in [-0.2, -0.15) is 0 Å². The molecule has 3 amide bonds. The minimum absolute atomic E-state index is 0. The zero-order valence-corrected chi connectivity index (χ0v) is 33.6. The first-order valence-corrected chi connectivity index (χ1v) is 18.6. The molecule has 21 nitrogen and oxygen atoms in total. The van der Waals surface area contributed by atoms with Gasteiger partial charge in [-0.25, -0.2) is 4.98 Å². The average molecular weight is 967 g/mol. The molecule has 2 aliphatic rings. The molecule has 0 aliphatic carbocycles. The van der Waals surface area contributed by atoms with Gasteiger partial charge in [0, 0.05) is 115 Å². The smallest absolute Gasteiger partial charge is 0.475 e. The third-order valence-corrected chi connectivity index (χ3v) is 9.47. The molecule has 57 heavy (non-hydrogen) atoms. The summed E-state index contributed by atoms with van der Waals surface area (Å²) in [5.74, 6) is -4.94. The van der Waals surface area contributed by atoms with Gasteiger partial charge in [-0.05, 0) is 38.3 Å². The second-order valence-corrected chi connectivity index (χ2v) is 13.9. The second-order valence-electron chi connectivity index (χ2n) is 13.9. The van der Waals surface area contributed by atoms with E-state index < -0.39 is 48.8 Å². The van der Waals surface area contributed by atoms with Gasteiger partial charge in [0.2, 0.25) is 11.8 Å². The maximum absolute atomic E-state index is 12.9. The van der Waals surface area contributed by atoms with Crippen molar-refractivity contribution < 1.29 is 95.8 Å². The molecule has 0 bridgehead atoms. The third kappa shape index (κ3) is 18.8. The molecular formula is C34H54BLuN9O12. The molecule has 1 aromatic rings. The van der Waals surface area contributed by atoms with Gasteiger partial charge < -0.3 is 46.2 Å². The number of carboxylic acid groups (broad SMARTS) is 3. The van der Waals surface area contributed by atoms with Crippen LogP contribution in [0, 0.1) is 36.9 Å². The molecule has 2 atom stereocenters. The average Bonchev–Trinajstić information content (AvgIpc) is 3.63. The fourth-order valence-electron chi connectivity index (χ4n) is 6.43. The van der Waals surface area contributed by atoms with Crippen LogP contribution in [-0.4, -0.2) is 214 Å². The zero-order valence-electron chi connectivity index (χ0n) is 31.9. The predicted molar refractivity (Wildman–Crippen MR) is 200 cm³/mol. The summed E-state index contributed by atoms with van der Waals surface area (Å²) in [6.07, 6.45) is 2.90. The molecule has 0 spiro atoms. The Kier molecular flexibility index (Phi) is 22.4. The number of aliphatic carboxylic acids is 3. The molecule has 1 radical (unpaired) electrons. The summed E-state index contributed by atoms with van der Waals surface area (Å²) in [5, 5.41) is 55.5. The van der Waals surface area contributed by atoms with Crippen molar-refractivity contribution in [2.75, 3.05) is 103 Å². The van der Waals surface area contributed by atoms with Crippen molar-refractivity contribution in [3.8, 4) is 0 Å². The quantitative estimate of drug-likeness (QED) is 0.0495. The van der Waals surface area contributed by atoms with Gasteiger partial charge in [-0.15, -0.1) is 0 Å². The Balaban J connectivity index is 0.0000112. The monoisotopic (exact) mass is 966 g/mol. The fourth-order valence-corrected chi connectivity index (χ4v) is 6.43. The second kappa shape index (κ2) is 25.8. The molecule has 3 rings (SSSR count). The summed E-state index contributed by atoms with van der Waals surface area (Å²) in [6, 6.07) is 2.10. The minimum atomic E-state index is -1.66. The number of Topliss-reactive ketones (excluding diaryl/α,β-unsaturated/α-hetero) is 1. The number of pyridine rings is 1. The molecule has 23 heteroatoms. The maximum Gasteiger partial charge on any atom is 0.475 e. The molecule has 0 unspecified atom stereocenters. The van der Waals surface area contributed by atoms with Crippen molar-refractivity contribution in [3.05, 3.63) is 23.9 Å². The van der Waals surface area contributed by atoms with Gasteiger partial charge in [0.15, 0.2) is 5.78 Å². The minimum Gasteiger partial charge on any atom is -0.480 e. The number of anilines is 1. The molecule has 0 aromatic carbocycles. The summed E-state index contributed by atoms with van der Waals surface area (Å²) in [5.41, 5.74) is 0.185. The van der Waals surface area contributed by atoms with Crippen molar-refractivity contribution in [2.24, 2.45) is 0 Å². The van der Waals surface area contributed by atoms with E-state index in [9.17, 15) is 58.9 Å². The first-order valence-electron chi connectivity index (χ1n) is 18.6. The number of hydrogen-bond donors (Lipinski definition) is 8. The van der Waals surface area contributed by atoms with Gasteiger partial charge in [0.05, 0.1) is 44.2 Å². The van der Waals surface area contributed by atoms with Gasteiger partial charge in [0.1, 0.15) is 11.9 Å². The van der Waals surface area contributed by atoms with Crippen LogP contribution in [0.15, 0.2) is 18.3 Å². The maximum atomic E-state index is 12.9. The van der Waals surface area contributed by atoms with E-state index in [1.165, 1.54) is 30.2 Å². The van der Waals surface area contributed by atoms with E-state index in [1.54, 1.807) is 19.6 Å². The molecule has 1 aromatic heterocycles. The van der Waals surface area contributed by atoms with Crippen molar-refractivity contribution in [1.82, 2.24) is 40.1 Å². The van der Waals surface area contributed by atoms with Crippen molar-refractivity contribution >= 4 is 54.3 Å². The van der Waals surface area contributed by atoms with Crippen LogP contribution in [0.4, 0.5) is 5.82 Å². The Bertz CT molecular complexity index is 1480. The van der Waals surface area contributed by atoms with Crippen LogP contribution in [0.2, 0.25) is 0 Å². The van der Waals surface area contributed by atoms with E-state index in [1.807, 2.05) is 0 Å². The molecule has 2 fully saturated rings. The molecule has 2 saturated heterocycles. The number of aromatic nitrogens is 1. The summed E-state index contributed by atoms with van der Waals surface area (Å²) in [7, 11) is -1.66. The van der Waals surface area contributed by atoms with Gasteiger partial charge in [-0.3, -0.25) is 53.2 Å². The topological polar surface area (TPSA) is 286 Å². The largest absolute Gasteiger partial charge is 0.480 e. The summed E-state index contributed by atoms with van der Waals surface area (Å²) in [4.78, 5) is 97.5. The van der Waals surface area contributed by atoms with Crippen LogP contribution < -0.4 is 16.0 Å². The Morgan fingerprint density at radius 3 is 1.75 bits per heavy atom. The van der Waals surface area contributed by atoms with Gasteiger partial charge in [0.25, 0.3) is 5.91 Å². The van der Waals surface area contributed by atoms with Crippen LogP contribution >= 0.6 is 0 Å². The summed E-state index contributed by atoms with van der Waals surface area (Å²) < 4.78 is 0. The van der Waals surface area contributed by atoms with Crippen LogP contribution in [0.25, 0.3) is 0 Å². The predicted octanol–water partition coefficient (Wildman–Crippen LogP) is -3.44. The van der Waals surface area contributed by atoms with Crippen molar-refractivity contribution in [3.63, 3.8) is 0 Å². The molecule has 8 N–H and O–H groups in total. The number of ketones is 1. The number of nitrogens with zero attached hydrogens (tertiary/aromatic N) is 6. The SMILES string of the molecule is C[C@@H](NC(=O)c1ccc(NCC(=O)CCCNC(=O)CN2CCN(CC(=O)O)CCN(CC(=O)O)CCN(CC(=O)O)CC2)nc1)C(=O)N1CCC[C@H]1B(O)O.[Lu]. The molecule has 325 valence electrons. The van der Waals surface area contributed by atoms with Crippen LogP contribution in [0.1, 0.15) is 43.0 Å². The Labute approximate surface area is 360 Å². The van der Waals surface area contributed by atoms with Crippen molar-refractivity contribution in [2.45, 2.75) is 44.6 Å². The number of nitrogens with one attached hydrogen (secondary N) is 3. The van der Waals surface area contributed by atoms with Gasteiger partial charge >= 0.3 is 25.0 Å². The number of carboxylic acids is 3. The number of carbonyl (C=O) groups excluding carboxylic acids is 4. The number of rotatable bonds is 19. The van der Waals surface area contributed by atoms with E-state index in [2.05, 4.69) is 20.9 Å². The molecule has 0 saturated carbocycles. The first-order chi connectivity index (χ1) is 26.6. The molecule has 3 heterocycles. The van der Waals surface area contributed by atoms with Gasteiger partial charge in [-0.1, -0.05) is 0 Å². The van der Waals surface area contributed by atoms with E-state index >= 15 is 0 Å².